The lowest BCUT2D eigenvalue weighted by atomic mass is 10.2. The molecule has 1 amide bonds. The lowest BCUT2D eigenvalue weighted by Crippen LogP contribution is -2.23. The number of rotatable bonds is 5. The highest BCUT2D eigenvalue weighted by molar-refractivity contribution is 7.99. The highest BCUT2D eigenvalue weighted by atomic mass is 35.5. The zero-order valence-corrected chi connectivity index (χ0v) is 14.6. The number of amides is 1. The Balaban J connectivity index is 1.59. The van der Waals surface area contributed by atoms with Crippen LogP contribution in [0.3, 0.4) is 0 Å². The monoisotopic (exact) mass is 357 g/mol. The molecule has 0 unspecified atom stereocenters. The van der Waals surface area contributed by atoms with E-state index in [0.29, 0.717) is 12.1 Å². The summed E-state index contributed by atoms with van der Waals surface area (Å²) in [6, 6.07) is 15.2. The van der Waals surface area contributed by atoms with Gasteiger partial charge in [-0.1, -0.05) is 23.4 Å². The van der Waals surface area contributed by atoms with Gasteiger partial charge in [-0.3, -0.25) is 4.79 Å². The third kappa shape index (κ3) is 4.40. The summed E-state index contributed by atoms with van der Waals surface area (Å²) in [7, 11) is 0. The summed E-state index contributed by atoms with van der Waals surface area (Å²) in [5, 5.41) is 3.57. The molecule has 0 aliphatic rings. The Morgan fingerprint density at radius 1 is 1.12 bits per heavy atom. The van der Waals surface area contributed by atoms with Crippen molar-refractivity contribution in [2.24, 2.45) is 0 Å². The van der Waals surface area contributed by atoms with Gasteiger partial charge in [-0.05, 0) is 55.5 Å². The number of carbonyl (C=O) groups excluding carboxylic acids is 1. The van der Waals surface area contributed by atoms with Crippen LogP contribution in [-0.4, -0.2) is 15.9 Å². The second-order valence-electron chi connectivity index (χ2n) is 5.28. The van der Waals surface area contributed by atoms with Crippen molar-refractivity contribution in [2.45, 2.75) is 23.3 Å². The molecule has 3 aromatic rings. The smallest absolute Gasteiger partial charge is 0.251 e. The van der Waals surface area contributed by atoms with Crippen molar-refractivity contribution in [1.29, 1.82) is 0 Å². The van der Waals surface area contributed by atoms with Crippen LogP contribution >= 0.6 is 23.4 Å². The van der Waals surface area contributed by atoms with Crippen molar-refractivity contribution in [3.8, 4) is 0 Å². The molecule has 0 aliphatic heterocycles. The standard InChI is InChI=1S/C18H16ClN3OS/c1-12-10-20-17(22-12)11-21-18(23)13-2-6-15(7-3-13)24-16-8-4-14(19)5-9-16/h2-10H,11H2,1H3,(H,20,22)(H,21,23). The van der Waals surface area contributed by atoms with Gasteiger partial charge < -0.3 is 10.3 Å². The minimum Gasteiger partial charge on any atom is -0.345 e. The number of nitrogens with zero attached hydrogens (tertiary/aromatic N) is 1. The van der Waals surface area contributed by atoms with Crippen LogP contribution in [0.1, 0.15) is 21.9 Å². The van der Waals surface area contributed by atoms with Gasteiger partial charge in [-0.2, -0.15) is 0 Å². The van der Waals surface area contributed by atoms with E-state index in [0.717, 1.165) is 26.3 Å². The van der Waals surface area contributed by atoms with E-state index in [1.54, 1.807) is 18.0 Å². The van der Waals surface area contributed by atoms with Gasteiger partial charge in [0.1, 0.15) is 5.82 Å². The molecule has 0 saturated carbocycles. The number of aryl methyl sites for hydroxylation is 1. The van der Waals surface area contributed by atoms with E-state index in [-0.39, 0.29) is 5.91 Å². The number of hydrogen-bond acceptors (Lipinski definition) is 3. The van der Waals surface area contributed by atoms with Crippen LogP contribution in [-0.2, 0) is 6.54 Å². The van der Waals surface area contributed by atoms with Crippen molar-refractivity contribution in [3.63, 3.8) is 0 Å². The van der Waals surface area contributed by atoms with Crippen molar-refractivity contribution in [1.82, 2.24) is 15.3 Å². The highest BCUT2D eigenvalue weighted by Gasteiger charge is 2.07. The van der Waals surface area contributed by atoms with Gasteiger partial charge in [0.25, 0.3) is 5.91 Å². The van der Waals surface area contributed by atoms with Crippen LogP contribution in [0, 0.1) is 6.92 Å². The molecule has 2 N–H and O–H groups in total. The molecule has 4 nitrogen and oxygen atoms in total. The van der Waals surface area contributed by atoms with Crippen molar-refractivity contribution < 1.29 is 4.79 Å². The molecule has 0 fully saturated rings. The average molecular weight is 358 g/mol. The number of aromatic nitrogens is 2. The second-order valence-corrected chi connectivity index (χ2v) is 6.86. The first-order valence-electron chi connectivity index (χ1n) is 7.42. The van der Waals surface area contributed by atoms with Gasteiger partial charge in [0.15, 0.2) is 0 Å². The number of nitrogens with one attached hydrogen (secondary N) is 2. The van der Waals surface area contributed by atoms with Crippen LogP contribution in [0.5, 0.6) is 0 Å². The molecule has 3 rings (SSSR count). The number of benzene rings is 2. The van der Waals surface area contributed by atoms with Crippen LogP contribution < -0.4 is 5.32 Å². The second kappa shape index (κ2) is 7.55. The molecule has 24 heavy (non-hydrogen) atoms. The number of aromatic amines is 1. The average Bonchev–Trinajstić information content (AvgIpc) is 3.01. The summed E-state index contributed by atoms with van der Waals surface area (Å²) in [4.78, 5) is 21.6. The molecule has 0 radical (unpaired) electrons. The molecule has 1 heterocycles. The maximum absolute atomic E-state index is 12.2. The first kappa shape index (κ1) is 16.6. The Morgan fingerprint density at radius 3 is 2.33 bits per heavy atom. The molecule has 122 valence electrons. The van der Waals surface area contributed by atoms with E-state index in [1.807, 2.05) is 55.5 Å². The molecular weight excluding hydrogens is 342 g/mol. The van der Waals surface area contributed by atoms with Gasteiger partial charge in [-0.25, -0.2) is 4.98 Å². The van der Waals surface area contributed by atoms with Crippen LogP contribution in [0.2, 0.25) is 5.02 Å². The van der Waals surface area contributed by atoms with Gasteiger partial charge in [0.05, 0.1) is 6.54 Å². The number of H-pyrrole nitrogens is 1. The zero-order valence-electron chi connectivity index (χ0n) is 13.0. The Bertz CT molecular complexity index is 828. The van der Waals surface area contributed by atoms with E-state index < -0.39 is 0 Å². The van der Waals surface area contributed by atoms with Crippen molar-refractivity contribution in [3.05, 3.63) is 76.8 Å². The number of imidazole rings is 1. The Kier molecular flexibility index (Phi) is 5.23. The van der Waals surface area contributed by atoms with Crippen LogP contribution in [0.4, 0.5) is 0 Å². The summed E-state index contributed by atoms with van der Waals surface area (Å²) in [6.07, 6.45) is 1.74. The quantitative estimate of drug-likeness (QED) is 0.709. The Labute approximate surface area is 149 Å². The molecule has 6 heteroatoms. The van der Waals surface area contributed by atoms with Gasteiger partial charge in [0.2, 0.25) is 0 Å². The van der Waals surface area contributed by atoms with Gasteiger partial charge >= 0.3 is 0 Å². The molecule has 0 saturated heterocycles. The van der Waals surface area contributed by atoms with Crippen molar-refractivity contribution in [2.75, 3.05) is 0 Å². The SMILES string of the molecule is Cc1cnc(CNC(=O)c2ccc(Sc3ccc(Cl)cc3)cc2)[nH]1. The summed E-state index contributed by atoms with van der Waals surface area (Å²) in [5.41, 5.74) is 1.60. The van der Waals surface area contributed by atoms with E-state index in [4.69, 9.17) is 11.6 Å². The van der Waals surface area contributed by atoms with E-state index >= 15 is 0 Å². The third-order valence-electron chi connectivity index (χ3n) is 3.34. The lowest BCUT2D eigenvalue weighted by molar-refractivity contribution is 0.0950. The van der Waals surface area contributed by atoms with E-state index in [2.05, 4.69) is 15.3 Å². The Hall–Kier alpha value is -2.24. The summed E-state index contributed by atoms with van der Waals surface area (Å²) >= 11 is 7.51. The van der Waals surface area contributed by atoms with E-state index in [9.17, 15) is 4.79 Å². The van der Waals surface area contributed by atoms with E-state index in [1.165, 1.54) is 0 Å². The third-order valence-corrected chi connectivity index (χ3v) is 4.61. The fourth-order valence-corrected chi connectivity index (χ4v) is 3.08. The fraction of sp³-hybridized carbons (Fsp3) is 0.111. The molecular formula is C18H16ClN3OS. The van der Waals surface area contributed by atoms with Crippen LogP contribution in [0.15, 0.2) is 64.5 Å². The number of carbonyl (C=O) groups is 1. The molecule has 0 atom stereocenters. The molecule has 0 aliphatic carbocycles. The summed E-state index contributed by atoms with van der Waals surface area (Å²) in [5.74, 6) is 0.628. The number of halogens is 1. The van der Waals surface area contributed by atoms with Gasteiger partial charge in [0, 0.05) is 32.3 Å². The van der Waals surface area contributed by atoms with Crippen molar-refractivity contribution >= 4 is 29.3 Å². The minimum absolute atomic E-state index is 0.118. The normalized spacial score (nSPS) is 10.6. The molecule has 1 aromatic heterocycles. The largest absolute Gasteiger partial charge is 0.345 e. The predicted molar refractivity (Wildman–Crippen MR) is 96.5 cm³/mol. The first-order chi connectivity index (χ1) is 11.6. The molecule has 0 spiro atoms. The molecule has 0 bridgehead atoms. The number of hydrogen-bond donors (Lipinski definition) is 2. The minimum atomic E-state index is -0.118. The highest BCUT2D eigenvalue weighted by Crippen LogP contribution is 2.28. The van der Waals surface area contributed by atoms with Crippen LogP contribution in [0.25, 0.3) is 0 Å². The first-order valence-corrected chi connectivity index (χ1v) is 8.62. The summed E-state index contributed by atoms with van der Waals surface area (Å²) < 4.78 is 0. The Morgan fingerprint density at radius 2 is 1.75 bits per heavy atom. The zero-order chi connectivity index (χ0) is 16.9. The lowest BCUT2D eigenvalue weighted by Gasteiger charge is -2.05. The van der Waals surface area contributed by atoms with Gasteiger partial charge in [-0.15, -0.1) is 0 Å². The maximum Gasteiger partial charge on any atom is 0.251 e. The molecule has 2 aromatic carbocycles. The topological polar surface area (TPSA) is 57.8 Å². The fourth-order valence-electron chi connectivity index (χ4n) is 2.14. The maximum atomic E-state index is 12.2. The predicted octanol–water partition coefficient (Wildman–Crippen LogP) is 4.45. The summed E-state index contributed by atoms with van der Waals surface area (Å²) in [6.45, 7) is 2.31.